The molecule has 0 bridgehead atoms. The van der Waals surface area contributed by atoms with E-state index in [0.29, 0.717) is 5.69 Å². The number of thiophene rings is 1. The van der Waals surface area contributed by atoms with Gasteiger partial charge in [0, 0.05) is 22.0 Å². The summed E-state index contributed by atoms with van der Waals surface area (Å²) in [6, 6.07) is 7.77. The molecule has 0 aliphatic heterocycles. The van der Waals surface area contributed by atoms with Crippen molar-refractivity contribution in [2.75, 3.05) is 11.9 Å². The number of amides is 2. The largest absolute Gasteiger partial charge is 0.342 e. The molecule has 3 rings (SSSR count). The van der Waals surface area contributed by atoms with E-state index in [1.54, 1.807) is 16.7 Å². The van der Waals surface area contributed by atoms with Gasteiger partial charge in [-0.1, -0.05) is 18.2 Å². The molecule has 0 atom stereocenters. The van der Waals surface area contributed by atoms with Crippen LogP contribution in [0.3, 0.4) is 0 Å². The molecule has 5 nitrogen and oxygen atoms in total. The van der Waals surface area contributed by atoms with Crippen LogP contribution in [0.5, 0.6) is 0 Å². The van der Waals surface area contributed by atoms with Gasteiger partial charge in [0.25, 0.3) is 5.91 Å². The van der Waals surface area contributed by atoms with Gasteiger partial charge in [-0.15, -0.1) is 11.3 Å². The van der Waals surface area contributed by atoms with Crippen LogP contribution in [0.2, 0.25) is 0 Å². The third-order valence-electron chi connectivity index (χ3n) is 3.66. The number of benzene rings is 1. The van der Waals surface area contributed by atoms with Gasteiger partial charge >= 0.3 is 0 Å². The lowest BCUT2D eigenvalue weighted by atomic mass is 10.1. The fourth-order valence-electron chi connectivity index (χ4n) is 2.34. The predicted octanol–water partition coefficient (Wildman–Crippen LogP) is 3.86. The standard InChI is InChI=1S/C18H17N3O2S2/c1-11-4-3-5-12(2)16(11)21-15(22)8-19-17(23)14-10-25-18(20-14)13-6-7-24-9-13/h3-7,9-10H,8H2,1-2H3,(H,19,23)(H,21,22). The van der Waals surface area contributed by atoms with Crippen LogP contribution < -0.4 is 10.6 Å². The van der Waals surface area contributed by atoms with E-state index in [1.807, 2.05) is 48.9 Å². The van der Waals surface area contributed by atoms with Crippen LogP contribution >= 0.6 is 22.7 Å². The lowest BCUT2D eigenvalue weighted by Gasteiger charge is -2.11. The summed E-state index contributed by atoms with van der Waals surface area (Å²) in [4.78, 5) is 28.6. The highest BCUT2D eigenvalue weighted by Gasteiger charge is 2.14. The van der Waals surface area contributed by atoms with Crippen molar-refractivity contribution in [3.8, 4) is 10.6 Å². The maximum absolute atomic E-state index is 12.2. The fourth-order valence-corrected chi connectivity index (χ4v) is 3.86. The molecule has 0 saturated carbocycles. The summed E-state index contributed by atoms with van der Waals surface area (Å²) in [7, 11) is 0. The molecule has 3 aromatic rings. The summed E-state index contributed by atoms with van der Waals surface area (Å²) in [5.41, 5.74) is 4.09. The smallest absolute Gasteiger partial charge is 0.271 e. The summed E-state index contributed by atoms with van der Waals surface area (Å²) < 4.78 is 0. The van der Waals surface area contributed by atoms with Gasteiger partial charge in [-0.2, -0.15) is 11.3 Å². The third-order valence-corrected chi connectivity index (χ3v) is 5.23. The second-order valence-corrected chi connectivity index (χ2v) is 7.19. The quantitative estimate of drug-likeness (QED) is 0.715. The summed E-state index contributed by atoms with van der Waals surface area (Å²) in [6.45, 7) is 3.77. The van der Waals surface area contributed by atoms with E-state index >= 15 is 0 Å². The number of nitrogens with zero attached hydrogens (tertiary/aromatic N) is 1. The number of aryl methyl sites for hydroxylation is 2. The molecule has 0 aliphatic carbocycles. The number of para-hydroxylation sites is 1. The minimum absolute atomic E-state index is 0.0993. The van der Waals surface area contributed by atoms with Crippen LogP contribution in [-0.2, 0) is 4.79 Å². The van der Waals surface area contributed by atoms with Crippen LogP contribution in [0.15, 0.2) is 40.4 Å². The third kappa shape index (κ3) is 4.12. The van der Waals surface area contributed by atoms with Gasteiger partial charge in [0.1, 0.15) is 10.7 Å². The molecule has 1 aromatic carbocycles. The Labute approximate surface area is 153 Å². The normalized spacial score (nSPS) is 10.5. The average Bonchev–Trinajstić information content (AvgIpc) is 3.27. The fraction of sp³-hybridized carbons (Fsp3) is 0.167. The van der Waals surface area contributed by atoms with Crippen molar-refractivity contribution >= 4 is 40.2 Å². The zero-order valence-corrected chi connectivity index (χ0v) is 15.5. The first-order chi connectivity index (χ1) is 12.0. The predicted molar refractivity (Wildman–Crippen MR) is 102 cm³/mol. The van der Waals surface area contributed by atoms with E-state index < -0.39 is 0 Å². The van der Waals surface area contributed by atoms with Gasteiger partial charge < -0.3 is 10.6 Å². The van der Waals surface area contributed by atoms with Crippen molar-refractivity contribution in [1.82, 2.24) is 10.3 Å². The van der Waals surface area contributed by atoms with E-state index in [2.05, 4.69) is 15.6 Å². The molecular weight excluding hydrogens is 354 g/mol. The van der Waals surface area contributed by atoms with Gasteiger partial charge in [-0.3, -0.25) is 9.59 Å². The van der Waals surface area contributed by atoms with E-state index in [9.17, 15) is 9.59 Å². The Morgan fingerprint density at radius 3 is 2.56 bits per heavy atom. The van der Waals surface area contributed by atoms with Gasteiger partial charge in [-0.25, -0.2) is 4.98 Å². The Kier molecular flexibility index (Phi) is 5.25. The molecule has 2 aromatic heterocycles. The molecule has 0 fully saturated rings. The monoisotopic (exact) mass is 371 g/mol. The minimum Gasteiger partial charge on any atom is -0.342 e. The van der Waals surface area contributed by atoms with Crippen molar-refractivity contribution in [1.29, 1.82) is 0 Å². The van der Waals surface area contributed by atoms with Gasteiger partial charge in [0.15, 0.2) is 0 Å². The first-order valence-corrected chi connectivity index (χ1v) is 9.49. The number of rotatable bonds is 5. The number of carbonyl (C=O) groups is 2. The Bertz CT molecular complexity index is 881. The molecule has 2 amide bonds. The van der Waals surface area contributed by atoms with Crippen LogP contribution in [0.25, 0.3) is 10.6 Å². The number of hydrogen-bond acceptors (Lipinski definition) is 5. The Morgan fingerprint density at radius 2 is 1.88 bits per heavy atom. The van der Waals surface area contributed by atoms with Crippen LogP contribution in [0, 0.1) is 13.8 Å². The summed E-state index contributed by atoms with van der Waals surface area (Å²) >= 11 is 2.99. The number of anilines is 1. The van der Waals surface area contributed by atoms with Crippen molar-refractivity contribution in [2.45, 2.75) is 13.8 Å². The topological polar surface area (TPSA) is 71.1 Å². The van der Waals surface area contributed by atoms with Crippen LogP contribution in [0.1, 0.15) is 21.6 Å². The van der Waals surface area contributed by atoms with E-state index in [4.69, 9.17) is 0 Å². The van der Waals surface area contributed by atoms with Crippen LogP contribution in [0.4, 0.5) is 5.69 Å². The zero-order chi connectivity index (χ0) is 17.8. The number of hydrogen-bond donors (Lipinski definition) is 2. The average molecular weight is 371 g/mol. The highest BCUT2D eigenvalue weighted by molar-refractivity contribution is 7.14. The highest BCUT2D eigenvalue weighted by Crippen LogP contribution is 2.25. The molecule has 0 spiro atoms. The zero-order valence-electron chi connectivity index (χ0n) is 13.8. The molecule has 2 N–H and O–H groups in total. The first-order valence-electron chi connectivity index (χ1n) is 7.67. The second kappa shape index (κ2) is 7.58. The van der Waals surface area contributed by atoms with Crippen molar-refractivity contribution in [3.05, 3.63) is 57.2 Å². The molecule has 128 valence electrons. The Morgan fingerprint density at radius 1 is 1.12 bits per heavy atom. The van der Waals surface area contributed by atoms with Gasteiger partial charge in [0.2, 0.25) is 5.91 Å². The number of thiazole rings is 1. The van der Waals surface area contributed by atoms with E-state index in [0.717, 1.165) is 27.4 Å². The van der Waals surface area contributed by atoms with Gasteiger partial charge in [0.05, 0.1) is 6.54 Å². The lowest BCUT2D eigenvalue weighted by Crippen LogP contribution is -2.33. The number of carbonyl (C=O) groups excluding carboxylic acids is 2. The number of aromatic nitrogens is 1. The van der Waals surface area contributed by atoms with Gasteiger partial charge in [-0.05, 0) is 36.4 Å². The minimum atomic E-state index is -0.352. The molecule has 0 aliphatic rings. The summed E-state index contributed by atoms with van der Waals surface area (Å²) in [6.07, 6.45) is 0. The van der Waals surface area contributed by atoms with Crippen LogP contribution in [-0.4, -0.2) is 23.3 Å². The molecule has 7 heteroatoms. The molecule has 0 saturated heterocycles. The maximum Gasteiger partial charge on any atom is 0.271 e. The number of nitrogens with one attached hydrogen (secondary N) is 2. The maximum atomic E-state index is 12.2. The molecular formula is C18H17N3O2S2. The molecule has 0 radical (unpaired) electrons. The molecule has 25 heavy (non-hydrogen) atoms. The Hall–Kier alpha value is -2.51. The van der Waals surface area contributed by atoms with Crippen molar-refractivity contribution in [3.63, 3.8) is 0 Å². The van der Waals surface area contributed by atoms with Crippen molar-refractivity contribution < 1.29 is 9.59 Å². The summed E-state index contributed by atoms with van der Waals surface area (Å²) in [5.74, 6) is -0.617. The van der Waals surface area contributed by atoms with E-state index in [-0.39, 0.29) is 18.4 Å². The first kappa shape index (κ1) is 17.3. The Balaban J connectivity index is 1.58. The SMILES string of the molecule is Cc1cccc(C)c1NC(=O)CNC(=O)c1csc(-c2ccsc2)n1. The lowest BCUT2D eigenvalue weighted by molar-refractivity contribution is -0.115. The highest BCUT2D eigenvalue weighted by atomic mass is 32.1. The summed E-state index contributed by atoms with van der Waals surface area (Å²) in [5, 5.41) is 11.9. The molecule has 2 heterocycles. The van der Waals surface area contributed by atoms with Crippen molar-refractivity contribution in [2.24, 2.45) is 0 Å². The second-order valence-electron chi connectivity index (χ2n) is 5.55. The van der Waals surface area contributed by atoms with E-state index in [1.165, 1.54) is 11.3 Å². The molecule has 0 unspecified atom stereocenters.